The van der Waals surface area contributed by atoms with Gasteiger partial charge in [0.1, 0.15) is 0 Å². The summed E-state index contributed by atoms with van der Waals surface area (Å²) in [6.45, 7) is 0.812. The molecule has 19 heavy (non-hydrogen) atoms. The van der Waals surface area contributed by atoms with Gasteiger partial charge in [-0.1, -0.05) is 6.92 Å². The lowest BCUT2D eigenvalue weighted by molar-refractivity contribution is -0.401. The second-order valence-corrected chi connectivity index (χ2v) is 4.28. The van der Waals surface area contributed by atoms with Crippen LogP contribution in [0, 0.1) is 39.4 Å². The van der Waals surface area contributed by atoms with E-state index in [1.807, 2.05) is 0 Å². The maximum Gasteiger partial charge on any atom is 0.411 e. The van der Waals surface area contributed by atoms with Crippen molar-refractivity contribution in [3.8, 4) is 12.1 Å². The zero-order valence-electron chi connectivity index (χ0n) is 9.73. The largest absolute Gasteiger partial charge is 0.411 e. The van der Waals surface area contributed by atoms with Crippen molar-refractivity contribution in [2.24, 2.45) is 16.7 Å². The first-order valence-corrected chi connectivity index (χ1v) is 4.96. The molecule has 106 valence electrons. The zero-order valence-corrected chi connectivity index (χ0v) is 9.73. The van der Waals surface area contributed by atoms with E-state index in [2.05, 4.69) is 4.74 Å². The molecule has 0 aromatic heterocycles. The monoisotopic (exact) mass is 286 g/mol. The first kappa shape index (κ1) is 15.6. The smallest absolute Gasteiger partial charge is 0.379 e. The average molecular weight is 286 g/mol. The third kappa shape index (κ3) is 1.42. The van der Waals surface area contributed by atoms with Gasteiger partial charge >= 0.3 is 12.4 Å². The second kappa shape index (κ2) is 4.01. The summed E-state index contributed by atoms with van der Waals surface area (Å²) in [5, 5.41) is 17.4. The van der Waals surface area contributed by atoms with Gasteiger partial charge in [-0.3, -0.25) is 0 Å². The fraction of sp³-hybridized carbons (Fsp3) is 0.800. The number of nitriles is 2. The minimum Gasteiger partial charge on any atom is -0.379 e. The molecule has 0 unspecified atom stereocenters. The molecule has 0 amide bonds. The Kier molecular flexibility index (Phi) is 3.28. The molecule has 1 saturated carbocycles. The molecule has 0 aliphatic heterocycles. The summed E-state index contributed by atoms with van der Waals surface area (Å²) in [6, 6.07) is 1.31. The van der Waals surface area contributed by atoms with Crippen molar-refractivity contribution in [2.45, 2.75) is 25.4 Å². The van der Waals surface area contributed by atoms with Crippen molar-refractivity contribution >= 4 is 0 Å². The standard InChI is InChI=1S/C10H8F6N2O/c1-5-6(19-2)8(4-18,10(14,15)16)7(5,3-17)9(11,12)13/h5-6H,1-2H3/t5-,6+,7+,8+/m1/s1. The summed E-state index contributed by atoms with van der Waals surface area (Å²) in [7, 11) is 0.774. The maximum atomic E-state index is 13.0. The van der Waals surface area contributed by atoms with Gasteiger partial charge in [-0.15, -0.1) is 0 Å². The van der Waals surface area contributed by atoms with Gasteiger partial charge in [0.05, 0.1) is 18.2 Å². The molecule has 9 heteroatoms. The highest BCUT2D eigenvalue weighted by atomic mass is 19.4. The van der Waals surface area contributed by atoms with Crippen LogP contribution in [0.15, 0.2) is 0 Å². The average Bonchev–Trinajstić information content (AvgIpc) is 2.23. The quantitative estimate of drug-likeness (QED) is 0.696. The van der Waals surface area contributed by atoms with Crippen LogP contribution in [0.5, 0.6) is 0 Å². The molecule has 0 aromatic carbocycles. The van der Waals surface area contributed by atoms with E-state index in [9.17, 15) is 26.3 Å². The van der Waals surface area contributed by atoms with Gasteiger partial charge < -0.3 is 4.74 Å². The third-order valence-corrected chi connectivity index (χ3v) is 3.69. The molecule has 1 rings (SSSR count). The van der Waals surface area contributed by atoms with Gasteiger partial charge in [-0.2, -0.15) is 36.9 Å². The fourth-order valence-electron chi connectivity index (χ4n) is 2.81. The van der Waals surface area contributed by atoms with Crippen LogP contribution in [0.2, 0.25) is 0 Å². The number of ether oxygens (including phenoxy) is 1. The van der Waals surface area contributed by atoms with E-state index in [0.29, 0.717) is 12.1 Å². The van der Waals surface area contributed by atoms with Crippen molar-refractivity contribution in [3.05, 3.63) is 0 Å². The molecule has 0 N–H and O–H groups in total. The topological polar surface area (TPSA) is 56.8 Å². The van der Waals surface area contributed by atoms with Crippen molar-refractivity contribution in [1.29, 1.82) is 10.5 Å². The summed E-state index contributed by atoms with van der Waals surface area (Å²) in [4.78, 5) is 0. The normalized spacial score (nSPS) is 39.1. The van der Waals surface area contributed by atoms with E-state index in [0.717, 1.165) is 14.0 Å². The van der Waals surface area contributed by atoms with Crippen LogP contribution in [0.1, 0.15) is 6.92 Å². The van der Waals surface area contributed by atoms with Crippen LogP contribution in [-0.2, 0) is 4.74 Å². The Balaban J connectivity index is 3.66. The number of methoxy groups -OCH3 is 1. The fourth-order valence-corrected chi connectivity index (χ4v) is 2.81. The minimum absolute atomic E-state index is 0.642. The lowest BCUT2D eigenvalue weighted by atomic mass is 9.42. The molecule has 0 heterocycles. The lowest BCUT2D eigenvalue weighted by Gasteiger charge is -2.60. The van der Waals surface area contributed by atoms with E-state index >= 15 is 0 Å². The highest BCUT2D eigenvalue weighted by Gasteiger charge is 2.90. The molecule has 1 aliphatic rings. The summed E-state index contributed by atoms with van der Waals surface area (Å²) < 4.78 is 82.5. The van der Waals surface area contributed by atoms with E-state index < -0.39 is 35.2 Å². The van der Waals surface area contributed by atoms with Crippen LogP contribution in [-0.4, -0.2) is 25.6 Å². The number of alkyl halides is 6. The van der Waals surface area contributed by atoms with Gasteiger partial charge in [-0.05, 0) is 0 Å². The summed E-state index contributed by atoms with van der Waals surface area (Å²) in [6.07, 6.45) is -13.1. The van der Waals surface area contributed by atoms with E-state index in [1.165, 1.54) is 0 Å². The maximum absolute atomic E-state index is 13.0. The zero-order chi connectivity index (χ0) is 15.3. The first-order chi connectivity index (χ1) is 8.47. The van der Waals surface area contributed by atoms with Gasteiger partial charge in [0.25, 0.3) is 0 Å². The number of hydrogen-bond acceptors (Lipinski definition) is 3. The number of rotatable bonds is 1. The Labute approximate surface area is 104 Å². The molecule has 1 fully saturated rings. The molecule has 1 aliphatic carbocycles. The van der Waals surface area contributed by atoms with Crippen molar-refractivity contribution in [1.82, 2.24) is 0 Å². The van der Waals surface area contributed by atoms with E-state index in [1.54, 1.807) is 0 Å². The molecule has 0 spiro atoms. The highest BCUT2D eigenvalue weighted by molar-refractivity contribution is 5.37. The van der Waals surface area contributed by atoms with Crippen LogP contribution in [0.4, 0.5) is 26.3 Å². The molecule has 0 saturated heterocycles. The number of nitrogens with zero attached hydrogens (tertiary/aromatic N) is 2. The van der Waals surface area contributed by atoms with Crippen LogP contribution in [0.3, 0.4) is 0 Å². The Morgan fingerprint density at radius 2 is 1.32 bits per heavy atom. The summed E-state index contributed by atoms with van der Waals surface area (Å²) in [5.41, 5.74) is -7.74. The molecule has 3 nitrogen and oxygen atoms in total. The molecular formula is C10H8F6N2O. The molecule has 0 aromatic rings. The Hall–Kier alpha value is -1.48. The SMILES string of the molecule is CO[C@H]1[C@@H](C)[C@](C#N)(C(F)(F)F)[C@@]1(C#N)C(F)(F)F. The molecule has 4 atom stereocenters. The van der Waals surface area contributed by atoms with Gasteiger partial charge in [0, 0.05) is 13.0 Å². The van der Waals surface area contributed by atoms with Crippen LogP contribution in [0.25, 0.3) is 0 Å². The molecule has 0 bridgehead atoms. The molecule has 0 radical (unpaired) electrons. The first-order valence-electron chi connectivity index (χ1n) is 4.96. The Morgan fingerprint density at radius 1 is 0.947 bits per heavy atom. The number of hydrogen-bond donors (Lipinski definition) is 0. The predicted octanol–water partition coefficient (Wildman–Crippen LogP) is 2.80. The van der Waals surface area contributed by atoms with Crippen molar-refractivity contribution < 1.29 is 31.1 Å². The highest BCUT2D eigenvalue weighted by Crippen LogP contribution is 2.72. The number of halogens is 6. The second-order valence-electron chi connectivity index (χ2n) is 4.28. The minimum atomic E-state index is -5.54. The lowest BCUT2D eigenvalue weighted by Crippen LogP contribution is -2.77. The van der Waals surface area contributed by atoms with E-state index in [-0.39, 0.29) is 0 Å². The Bertz CT molecular complexity index is 459. The van der Waals surface area contributed by atoms with Crippen LogP contribution >= 0.6 is 0 Å². The van der Waals surface area contributed by atoms with Gasteiger partial charge in [0.2, 0.25) is 5.41 Å². The van der Waals surface area contributed by atoms with Crippen molar-refractivity contribution in [3.63, 3.8) is 0 Å². The van der Waals surface area contributed by atoms with Gasteiger partial charge in [0.15, 0.2) is 5.41 Å². The summed E-state index contributed by atoms with van der Waals surface area (Å²) in [5.74, 6) is -1.80. The van der Waals surface area contributed by atoms with Gasteiger partial charge in [-0.25, -0.2) is 0 Å². The predicted molar refractivity (Wildman–Crippen MR) is 48.2 cm³/mol. The van der Waals surface area contributed by atoms with Crippen LogP contribution < -0.4 is 0 Å². The molecular weight excluding hydrogens is 278 g/mol. The third-order valence-electron chi connectivity index (χ3n) is 3.69. The Morgan fingerprint density at radius 3 is 1.53 bits per heavy atom. The summed E-state index contributed by atoms with van der Waals surface area (Å²) >= 11 is 0. The van der Waals surface area contributed by atoms with Crippen molar-refractivity contribution in [2.75, 3.05) is 7.11 Å². The van der Waals surface area contributed by atoms with E-state index in [4.69, 9.17) is 10.5 Å².